The van der Waals surface area contributed by atoms with E-state index in [0.29, 0.717) is 6.42 Å². The third-order valence-corrected chi connectivity index (χ3v) is 4.59. The van der Waals surface area contributed by atoms with Crippen LogP contribution >= 0.6 is 0 Å². The number of hydrogen-bond donors (Lipinski definition) is 3. The standard InChI is InChI=1S/C21H32N2O5/c1-5-15(4)19(22-17(25)11-12-24)20(26)23-18(14(2)3)21(27)28-13-16-9-7-6-8-10-16/h6-10,14-15,18-19,24H,5,11-13H2,1-4H3,(H,22,25)(H,23,26). The highest BCUT2D eigenvalue weighted by molar-refractivity contribution is 5.91. The van der Waals surface area contributed by atoms with Gasteiger partial charge >= 0.3 is 5.97 Å². The van der Waals surface area contributed by atoms with E-state index in [9.17, 15) is 14.4 Å². The number of rotatable bonds is 11. The molecule has 0 aliphatic carbocycles. The Morgan fingerprint density at radius 3 is 2.21 bits per heavy atom. The van der Waals surface area contributed by atoms with Crippen LogP contribution in [0.3, 0.4) is 0 Å². The van der Waals surface area contributed by atoms with Gasteiger partial charge in [-0.05, 0) is 17.4 Å². The molecular weight excluding hydrogens is 360 g/mol. The van der Waals surface area contributed by atoms with Gasteiger partial charge in [0.25, 0.3) is 0 Å². The highest BCUT2D eigenvalue weighted by Crippen LogP contribution is 2.12. The summed E-state index contributed by atoms with van der Waals surface area (Å²) in [6, 6.07) is 7.69. The topological polar surface area (TPSA) is 105 Å². The van der Waals surface area contributed by atoms with Crippen LogP contribution in [0.15, 0.2) is 30.3 Å². The maximum atomic E-state index is 12.8. The van der Waals surface area contributed by atoms with Crippen LogP contribution in [0.4, 0.5) is 0 Å². The zero-order valence-electron chi connectivity index (χ0n) is 17.1. The lowest BCUT2D eigenvalue weighted by Crippen LogP contribution is -2.55. The van der Waals surface area contributed by atoms with E-state index in [4.69, 9.17) is 9.84 Å². The molecule has 0 bridgehead atoms. The first kappa shape index (κ1) is 23.6. The van der Waals surface area contributed by atoms with E-state index in [1.165, 1.54) is 0 Å². The Bertz CT molecular complexity index is 633. The molecule has 7 heteroatoms. The van der Waals surface area contributed by atoms with Gasteiger partial charge in [0.05, 0.1) is 6.61 Å². The molecule has 3 atom stereocenters. The minimum Gasteiger partial charge on any atom is -0.459 e. The van der Waals surface area contributed by atoms with Crippen molar-refractivity contribution >= 4 is 17.8 Å². The van der Waals surface area contributed by atoms with Crippen molar-refractivity contribution in [3.05, 3.63) is 35.9 Å². The second kappa shape index (κ2) is 12.1. The molecule has 0 radical (unpaired) electrons. The molecule has 156 valence electrons. The largest absolute Gasteiger partial charge is 0.459 e. The lowest BCUT2D eigenvalue weighted by atomic mass is 9.96. The number of esters is 1. The molecule has 3 unspecified atom stereocenters. The summed E-state index contributed by atoms with van der Waals surface area (Å²) in [5.74, 6) is -1.67. The van der Waals surface area contributed by atoms with E-state index in [2.05, 4.69) is 10.6 Å². The summed E-state index contributed by atoms with van der Waals surface area (Å²) in [7, 11) is 0. The van der Waals surface area contributed by atoms with Crippen molar-refractivity contribution in [2.75, 3.05) is 6.61 Å². The lowest BCUT2D eigenvalue weighted by molar-refractivity contribution is -0.150. The van der Waals surface area contributed by atoms with Gasteiger partial charge in [-0.25, -0.2) is 4.79 Å². The summed E-state index contributed by atoms with van der Waals surface area (Å²) in [4.78, 5) is 37.2. The number of amides is 2. The van der Waals surface area contributed by atoms with Crippen molar-refractivity contribution in [3.8, 4) is 0 Å². The predicted molar refractivity (Wildman–Crippen MR) is 106 cm³/mol. The second-order valence-electron chi connectivity index (χ2n) is 7.23. The van der Waals surface area contributed by atoms with Gasteiger partial charge in [0.2, 0.25) is 11.8 Å². The van der Waals surface area contributed by atoms with Crippen molar-refractivity contribution in [3.63, 3.8) is 0 Å². The van der Waals surface area contributed by atoms with Gasteiger partial charge in [0.15, 0.2) is 0 Å². The lowest BCUT2D eigenvalue weighted by Gasteiger charge is -2.27. The second-order valence-corrected chi connectivity index (χ2v) is 7.23. The quantitative estimate of drug-likeness (QED) is 0.498. The average molecular weight is 392 g/mol. The Morgan fingerprint density at radius 1 is 1.04 bits per heavy atom. The van der Waals surface area contributed by atoms with Crippen molar-refractivity contribution < 1.29 is 24.2 Å². The Morgan fingerprint density at radius 2 is 1.68 bits per heavy atom. The molecule has 1 rings (SSSR count). The Balaban J connectivity index is 2.78. The molecule has 0 aliphatic heterocycles. The molecule has 0 aromatic heterocycles. The van der Waals surface area contributed by atoms with E-state index in [1.807, 2.05) is 58.0 Å². The summed E-state index contributed by atoms with van der Waals surface area (Å²) in [6.07, 6.45) is 0.592. The zero-order chi connectivity index (χ0) is 21.1. The summed E-state index contributed by atoms with van der Waals surface area (Å²) in [6.45, 7) is 7.23. The van der Waals surface area contributed by atoms with Gasteiger partial charge in [-0.2, -0.15) is 0 Å². The van der Waals surface area contributed by atoms with Crippen molar-refractivity contribution in [2.45, 2.75) is 59.2 Å². The average Bonchev–Trinajstić information content (AvgIpc) is 2.68. The van der Waals surface area contributed by atoms with Gasteiger partial charge in [-0.3, -0.25) is 9.59 Å². The molecule has 3 N–H and O–H groups in total. The molecule has 1 aromatic rings. The van der Waals surface area contributed by atoms with Crippen LogP contribution < -0.4 is 10.6 Å². The smallest absolute Gasteiger partial charge is 0.329 e. The maximum absolute atomic E-state index is 12.8. The minimum absolute atomic E-state index is 0.0764. The molecule has 0 aliphatic rings. The summed E-state index contributed by atoms with van der Waals surface area (Å²) in [5.41, 5.74) is 0.860. The van der Waals surface area contributed by atoms with Crippen LogP contribution in [-0.2, 0) is 25.7 Å². The third kappa shape index (κ3) is 7.68. The number of benzene rings is 1. The van der Waals surface area contributed by atoms with Crippen LogP contribution in [0.25, 0.3) is 0 Å². The first-order chi connectivity index (χ1) is 13.3. The van der Waals surface area contributed by atoms with Crippen LogP contribution in [0.5, 0.6) is 0 Å². The fourth-order valence-corrected chi connectivity index (χ4v) is 2.61. The molecule has 0 saturated carbocycles. The molecule has 0 fully saturated rings. The highest BCUT2D eigenvalue weighted by atomic mass is 16.5. The fraction of sp³-hybridized carbons (Fsp3) is 0.571. The van der Waals surface area contributed by atoms with Gasteiger partial charge in [-0.1, -0.05) is 64.4 Å². The molecular formula is C21H32N2O5. The molecule has 0 spiro atoms. The van der Waals surface area contributed by atoms with Crippen LogP contribution in [0.2, 0.25) is 0 Å². The van der Waals surface area contributed by atoms with Crippen LogP contribution in [0, 0.1) is 11.8 Å². The number of carbonyl (C=O) groups excluding carboxylic acids is 3. The molecule has 1 aromatic carbocycles. The van der Waals surface area contributed by atoms with Crippen molar-refractivity contribution in [2.24, 2.45) is 11.8 Å². The number of aliphatic hydroxyl groups is 1. The van der Waals surface area contributed by atoms with E-state index < -0.39 is 29.9 Å². The summed E-state index contributed by atoms with van der Waals surface area (Å²) in [5, 5.41) is 14.3. The zero-order valence-corrected chi connectivity index (χ0v) is 17.1. The van der Waals surface area contributed by atoms with E-state index >= 15 is 0 Å². The molecule has 7 nitrogen and oxygen atoms in total. The van der Waals surface area contributed by atoms with Gasteiger partial charge < -0.3 is 20.5 Å². The first-order valence-electron chi connectivity index (χ1n) is 9.71. The van der Waals surface area contributed by atoms with E-state index in [0.717, 1.165) is 5.56 Å². The predicted octanol–water partition coefficient (Wildman–Crippen LogP) is 1.78. The molecule has 0 heterocycles. The molecule has 0 saturated heterocycles. The van der Waals surface area contributed by atoms with Crippen molar-refractivity contribution in [1.29, 1.82) is 0 Å². The summed E-state index contributed by atoms with van der Waals surface area (Å²) < 4.78 is 5.36. The first-order valence-corrected chi connectivity index (χ1v) is 9.71. The highest BCUT2D eigenvalue weighted by Gasteiger charge is 2.31. The normalized spacial score (nSPS) is 14.1. The number of nitrogens with one attached hydrogen (secondary N) is 2. The monoisotopic (exact) mass is 392 g/mol. The number of aliphatic hydroxyl groups excluding tert-OH is 1. The van der Waals surface area contributed by atoms with Crippen molar-refractivity contribution in [1.82, 2.24) is 10.6 Å². The fourth-order valence-electron chi connectivity index (χ4n) is 2.61. The van der Waals surface area contributed by atoms with Gasteiger partial charge in [-0.15, -0.1) is 0 Å². The SMILES string of the molecule is CCC(C)C(NC(=O)CCO)C(=O)NC(C(=O)OCc1ccccc1)C(C)C. The number of carbonyl (C=O) groups is 3. The molecule has 2 amide bonds. The Labute approximate surface area is 166 Å². The summed E-state index contributed by atoms with van der Waals surface area (Å²) >= 11 is 0. The van der Waals surface area contributed by atoms with E-state index in [1.54, 1.807) is 0 Å². The Hall–Kier alpha value is -2.41. The molecule has 28 heavy (non-hydrogen) atoms. The van der Waals surface area contributed by atoms with Gasteiger partial charge in [0.1, 0.15) is 18.7 Å². The van der Waals surface area contributed by atoms with Gasteiger partial charge in [0, 0.05) is 6.42 Å². The van der Waals surface area contributed by atoms with E-state index in [-0.39, 0.29) is 31.5 Å². The van der Waals surface area contributed by atoms with Crippen LogP contribution in [-0.4, -0.2) is 41.6 Å². The minimum atomic E-state index is -0.822. The number of ether oxygens (including phenoxy) is 1. The number of hydrogen-bond acceptors (Lipinski definition) is 5. The Kier molecular flexibility index (Phi) is 10.2. The third-order valence-electron chi connectivity index (χ3n) is 4.59. The maximum Gasteiger partial charge on any atom is 0.329 e. The van der Waals surface area contributed by atoms with Crippen LogP contribution in [0.1, 0.15) is 46.1 Å².